The van der Waals surface area contributed by atoms with Crippen LogP contribution in [-0.4, -0.2) is 22.4 Å². The number of rotatable bonds is 8. The molecule has 4 aromatic rings. The minimum Gasteiger partial charge on any atom is -0.494 e. The average molecular weight is 504 g/mol. The number of halogens is 1. The number of carbonyl (C=O) groups excluding carboxylic acids is 1. The number of nitro groups is 1. The van der Waals surface area contributed by atoms with Gasteiger partial charge >= 0.3 is 0 Å². The van der Waals surface area contributed by atoms with E-state index in [1.807, 2.05) is 6.07 Å². The summed E-state index contributed by atoms with van der Waals surface area (Å²) in [5, 5.41) is 25.5. The van der Waals surface area contributed by atoms with Crippen molar-refractivity contribution in [3.05, 3.63) is 87.2 Å². The molecule has 180 valence electrons. The summed E-state index contributed by atoms with van der Waals surface area (Å²) in [4.78, 5) is 27.9. The van der Waals surface area contributed by atoms with E-state index in [2.05, 4.69) is 10.3 Å². The van der Waals surface area contributed by atoms with Crippen molar-refractivity contribution >= 4 is 34.1 Å². The number of hydrogen-bond acceptors (Lipinski definition) is 8. The van der Waals surface area contributed by atoms with Crippen molar-refractivity contribution in [3.8, 4) is 34.4 Å². The highest BCUT2D eigenvalue weighted by molar-refractivity contribution is 7.14. The van der Waals surface area contributed by atoms with E-state index in [1.165, 1.54) is 42.5 Å². The lowest BCUT2D eigenvalue weighted by Gasteiger charge is -2.05. The van der Waals surface area contributed by atoms with Gasteiger partial charge in [-0.1, -0.05) is 0 Å². The van der Waals surface area contributed by atoms with Crippen LogP contribution in [0.2, 0.25) is 0 Å². The van der Waals surface area contributed by atoms with Crippen LogP contribution in [0.3, 0.4) is 0 Å². The first-order valence-corrected chi connectivity index (χ1v) is 11.4. The fraction of sp³-hybridized carbons (Fsp3) is 0.0800. The van der Waals surface area contributed by atoms with Gasteiger partial charge in [0.05, 0.1) is 28.9 Å². The van der Waals surface area contributed by atoms with Gasteiger partial charge in [-0.2, -0.15) is 5.26 Å². The fourth-order valence-electron chi connectivity index (χ4n) is 3.24. The Kier molecular flexibility index (Phi) is 7.17. The number of aromatic nitrogens is 1. The van der Waals surface area contributed by atoms with Crippen molar-refractivity contribution in [2.75, 3.05) is 11.9 Å². The van der Waals surface area contributed by atoms with E-state index < -0.39 is 10.8 Å². The number of furan rings is 1. The molecule has 2 aromatic heterocycles. The van der Waals surface area contributed by atoms with Crippen molar-refractivity contribution < 1.29 is 23.3 Å². The van der Waals surface area contributed by atoms with Gasteiger partial charge in [0.25, 0.3) is 11.6 Å². The Morgan fingerprint density at radius 1 is 1.28 bits per heavy atom. The third-order valence-electron chi connectivity index (χ3n) is 4.89. The number of thiazole rings is 1. The molecule has 0 aliphatic rings. The number of nitro benzene ring substituents is 1. The van der Waals surface area contributed by atoms with E-state index in [1.54, 1.807) is 30.5 Å². The van der Waals surface area contributed by atoms with Crippen LogP contribution < -0.4 is 10.1 Å². The van der Waals surface area contributed by atoms with Gasteiger partial charge in [0.15, 0.2) is 5.13 Å². The Bertz CT molecular complexity index is 1500. The predicted molar refractivity (Wildman–Crippen MR) is 132 cm³/mol. The molecule has 0 aliphatic carbocycles. The zero-order valence-electron chi connectivity index (χ0n) is 18.7. The predicted octanol–water partition coefficient (Wildman–Crippen LogP) is 6.06. The van der Waals surface area contributed by atoms with Crippen LogP contribution in [0.25, 0.3) is 28.7 Å². The smallest absolute Gasteiger partial charge is 0.284 e. The zero-order valence-corrected chi connectivity index (χ0v) is 19.5. The number of amides is 1. The Hall–Kier alpha value is -4.82. The molecule has 2 aromatic carbocycles. The first-order valence-electron chi connectivity index (χ1n) is 10.5. The van der Waals surface area contributed by atoms with Crippen molar-refractivity contribution in [2.24, 2.45) is 0 Å². The van der Waals surface area contributed by atoms with Crippen LogP contribution in [0.15, 0.2) is 70.0 Å². The summed E-state index contributed by atoms with van der Waals surface area (Å²) in [6.07, 6.45) is 1.23. The molecule has 0 fully saturated rings. The third-order valence-corrected chi connectivity index (χ3v) is 5.64. The molecule has 1 N–H and O–H groups in total. The van der Waals surface area contributed by atoms with Gasteiger partial charge in [0.1, 0.15) is 34.7 Å². The summed E-state index contributed by atoms with van der Waals surface area (Å²) in [5.41, 5.74) is 0.990. The number of nitrogens with zero attached hydrogens (tertiary/aromatic N) is 3. The van der Waals surface area contributed by atoms with Crippen LogP contribution in [0.1, 0.15) is 12.7 Å². The zero-order chi connectivity index (χ0) is 25.7. The van der Waals surface area contributed by atoms with Crippen LogP contribution in [0, 0.1) is 27.3 Å². The van der Waals surface area contributed by atoms with E-state index >= 15 is 0 Å². The van der Waals surface area contributed by atoms with Crippen molar-refractivity contribution in [2.45, 2.75) is 6.92 Å². The second-order valence-electron chi connectivity index (χ2n) is 7.24. The number of hydrogen-bond donors (Lipinski definition) is 1. The number of benzene rings is 2. The minimum absolute atomic E-state index is 0.158. The maximum absolute atomic E-state index is 13.1. The molecular formula is C25H17FN4O5S. The molecule has 0 atom stereocenters. The van der Waals surface area contributed by atoms with E-state index in [0.717, 1.165) is 11.3 Å². The summed E-state index contributed by atoms with van der Waals surface area (Å²) >= 11 is 1.15. The Morgan fingerprint density at radius 2 is 2.06 bits per heavy atom. The average Bonchev–Trinajstić information content (AvgIpc) is 3.53. The number of nitriles is 1. The molecule has 4 rings (SSSR count). The second kappa shape index (κ2) is 10.6. The highest BCUT2D eigenvalue weighted by Gasteiger charge is 2.20. The molecule has 0 radical (unpaired) electrons. The molecule has 0 saturated carbocycles. The lowest BCUT2D eigenvalue weighted by molar-refractivity contribution is -0.384. The van der Waals surface area contributed by atoms with Crippen LogP contribution in [-0.2, 0) is 4.79 Å². The summed E-state index contributed by atoms with van der Waals surface area (Å²) in [7, 11) is 0. The van der Waals surface area contributed by atoms with Gasteiger partial charge in [0, 0.05) is 17.0 Å². The van der Waals surface area contributed by atoms with Gasteiger partial charge in [0.2, 0.25) is 0 Å². The van der Waals surface area contributed by atoms with Gasteiger partial charge in [-0.3, -0.25) is 20.2 Å². The third kappa shape index (κ3) is 5.45. The lowest BCUT2D eigenvalue weighted by Crippen LogP contribution is -2.13. The monoisotopic (exact) mass is 504 g/mol. The maximum Gasteiger partial charge on any atom is 0.284 e. The Balaban J connectivity index is 1.53. The minimum atomic E-state index is -0.706. The quantitative estimate of drug-likeness (QED) is 0.133. The summed E-state index contributed by atoms with van der Waals surface area (Å²) in [6, 6.07) is 15.0. The molecule has 1 amide bonds. The topological polar surface area (TPSA) is 131 Å². The number of nitrogens with one attached hydrogen (secondary N) is 1. The standard InChI is InChI=1S/C25H17FN4O5S/c1-2-34-18-7-9-20(22(12-18)30(32)33)23-10-8-19(35-23)11-16(13-27)24(31)29-25-28-21(14-36-25)15-3-5-17(26)6-4-15/h3-12,14H,2H2,1H3,(H,28,29,31)/b16-11-. The summed E-state index contributed by atoms with van der Waals surface area (Å²) in [6.45, 7) is 2.13. The van der Waals surface area contributed by atoms with E-state index in [0.29, 0.717) is 23.6 Å². The van der Waals surface area contributed by atoms with Gasteiger partial charge in [-0.25, -0.2) is 9.37 Å². The molecule has 0 unspecified atom stereocenters. The van der Waals surface area contributed by atoms with E-state index in [9.17, 15) is 24.6 Å². The molecule has 2 heterocycles. The van der Waals surface area contributed by atoms with Crippen molar-refractivity contribution in [1.82, 2.24) is 4.98 Å². The highest BCUT2D eigenvalue weighted by atomic mass is 32.1. The molecule has 11 heteroatoms. The molecule has 0 bridgehead atoms. The van der Waals surface area contributed by atoms with Gasteiger partial charge in [-0.05, 0) is 55.5 Å². The number of carbonyl (C=O) groups is 1. The van der Waals surface area contributed by atoms with E-state index in [4.69, 9.17) is 9.15 Å². The maximum atomic E-state index is 13.1. The highest BCUT2D eigenvalue weighted by Crippen LogP contribution is 2.34. The van der Waals surface area contributed by atoms with Crippen molar-refractivity contribution in [1.29, 1.82) is 5.26 Å². The normalized spacial score (nSPS) is 11.1. The first-order chi connectivity index (χ1) is 17.4. The molecule has 36 heavy (non-hydrogen) atoms. The first kappa shape index (κ1) is 24.3. The molecule has 0 spiro atoms. The summed E-state index contributed by atoms with van der Waals surface area (Å²) < 4.78 is 24.1. The Labute approximate surface area is 208 Å². The summed E-state index contributed by atoms with van der Waals surface area (Å²) in [5.74, 6) is -0.372. The Morgan fingerprint density at radius 3 is 2.75 bits per heavy atom. The second-order valence-corrected chi connectivity index (χ2v) is 8.10. The molecule has 9 nitrogen and oxygen atoms in total. The lowest BCUT2D eigenvalue weighted by atomic mass is 10.1. The number of ether oxygens (including phenoxy) is 1. The van der Waals surface area contributed by atoms with Crippen LogP contribution >= 0.6 is 11.3 Å². The van der Waals surface area contributed by atoms with Crippen LogP contribution in [0.5, 0.6) is 5.75 Å². The van der Waals surface area contributed by atoms with Gasteiger partial charge < -0.3 is 9.15 Å². The molecule has 0 aliphatic heterocycles. The van der Waals surface area contributed by atoms with Crippen molar-refractivity contribution in [3.63, 3.8) is 0 Å². The molecule has 0 saturated heterocycles. The largest absolute Gasteiger partial charge is 0.494 e. The SMILES string of the molecule is CCOc1ccc(-c2ccc(/C=C(/C#N)C(=O)Nc3nc(-c4ccc(F)cc4)cs3)o2)c([N+](=O)[O-])c1. The van der Waals surface area contributed by atoms with Gasteiger partial charge in [-0.15, -0.1) is 11.3 Å². The fourth-order valence-corrected chi connectivity index (χ4v) is 3.96. The van der Waals surface area contributed by atoms with E-state index in [-0.39, 0.29) is 39.3 Å². The molecular weight excluding hydrogens is 487 g/mol. The number of anilines is 1. The van der Waals surface area contributed by atoms with Crippen LogP contribution in [0.4, 0.5) is 15.2 Å².